The van der Waals surface area contributed by atoms with Crippen molar-refractivity contribution in [2.45, 2.75) is 13.8 Å². The number of nitrogens with two attached hydrogens (primary N) is 1. The largest absolute Gasteiger partial charge is 0.385 e. The first-order valence-corrected chi connectivity index (χ1v) is 3.67. The van der Waals surface area contributed by atoms with Gasteiger partial charge in [0.15, 0.2) is 0 Å². The van der Waals surface area contributed by atoms with Gasteiger partial charge in [-0.1, -0.05) is 11.6 Å². The lowest BCUT2D eigenvalue weighted by molar-refractivity contribution is 0.941. The monoisotopic (exact) mass is 150 g/mol. The highest BCUT2D eigenvalue weighted by atomic mass is 15.0. The van der Waals surface area contributed by atoms with Gasteiger partial charge >= 0.3 is 0 Å². The Morgan fingerprint density at radius 3 is 2.55 bits per heavy atom. The van der Waals surface area contributed by atoms with Crippen LogP contribution in [0.4, 0.5) is 5.82 Å². The molecule has 1 aromatic heterocycles. The zero-order chi connectivity index (χ0) is 8.43. The van der Waals surface area contributed by atoms with E-state index < -0.39 is 0 Å². The Morgan fingerprint density at radius 1 is 1.55 bits per heavy atom. The van der Waals surface area contributed by atoms with E-state index in [0.717, 1.165) is 11.4 Å². The molecule has 0 unspecified atom stereocenters. The molecule has 0 fully saturated rings. The van der Waals surface area contributed by atoms with E-state index in [1.807, 2.05) is 23.9 Å². The lowest BCUT2D eigenvalue weighted by Gasteiger charge is -1.96. The van der Waals surface area contributed by atoms with Crippen LogP contribution in [0.2, 0.25) is 0 Å². The molecule has 11 heavy (non-hydrogen) atoms. The van der Waals surface area contributed by atoms with Gasteiger partial charge in [-0.25, -0.2) is 0 Å². The number of hydrogen-bond donors (Lipinski definition) is 1. The average Bonchev–Trinajstić information content (AvgIpc) is 2.18. The highest BCUT2D eigenvalue weighted by molar-refractivity contribution is 5.63. The standard InChI is InChI=1S/C9H14N2/c1-7(2)6-8-4-5-11(3)9(8)10/h4-6H,10H2,1-3H3. The number of allylic oxidation sites excluding steroid dienone is 1. The zero-order valence-corrected chi connectivity index (χ0v) is 7.26. The third-order valence-corrected chi connectivity index (χ3v) is 1.60. The van der Waals surface area contributed by atoms with Crippen molar-refractivity contribution in [2.24, 2.45) is 7.05 Å². The Labute approximate surface area is 67.3 Å². The van der Waals surface area contributed by atoms with E-state index >= 15 is 0 Å². The summed E-state index contributed by atoms with van der Waals surface area (Å²) < 4.78 is 1.91. The van der Waals surface area contributed by atoms with Gasteiger partial charge in [0.05, 0.1) is 0 Å². The number of anilines is 1. The number of rotatable bonds is 1. The molecule has 0 amide bonds. The summed E-state index contributed by atoms with van der Waals surface area (Å²) in [6.45, 7) is 4.12. The highest BCUT2D eigenvalue weighted by Crippen LogP contribution is 2.15. The molecule has 0 saturated carbocycles. The molecule has 0 aliphatic rings. The maximum absolute atomic E-state index is 5.77. The molecular formula is C9H14N2. The average molecular weight is 150 g/mol. The van der Waals surface area contributed by atoms with Crippen LogP contribution in [-0.2, 0) is 7.05 Å². The number of hydrogen-bond acceptors (Lipinski definition) is 1. The van der Waals surface area contributed by atoms with Crippen LogP contribution >= 0.6 is 0 Å². The van der Waals surface area contributed by atoms with E-state index in [1.54, 1.807) is 0 Å². The normalized spacial score (nSPS) is 9.73. The van der Waals surface area contributed by atoms with Crippen molar-refractivity contribution >= 4 is 11.9 Å². The lowest BCUT2D eigenvalue weighted by atomic mass is 10.2. The van der Waals surface area contributed by atoms with E-state index in [2.05, 4.69) is 19.9 Å². The van der Waals surface area contributed by atoms with Crippen LogP contribution in [0.3, 0.4) is 0 Å². The van der Waals surface area contributed by atoms with Crippen LogP contribution < -0.4 is 5.73 Å². The molecule has 2 heteroatoms. The van der Waals surface area contributed by atoms with Gasteiger partial charge in [-0.15, -0.1) is 0 Å². The molecule has 1 aromatic rings. The zero-order valence-electron chi connectivity index (χ0n) is 7.26. The summed E-state index contributed by atoms with van der Waals surface area (Å²) in [5.41, 5.74) is 8.14. The minimum atomic E-state index is 0.825. The van der Waals surface area contributed by atoms with Gasteiger partial charge in [-0.3, -0.25) is 0 Å². The van der Waals surface area contributed by atoms with Crippen molar-refractivity contribution in [1.82, 2.24) is 4.57 Å². The van der Waals surface area contributed by atoms with Gasteiger partial charge < -0.3 is 10.3 Å². The van der Waals surface area contributed by atoms with Crippen LogP contribution in [0.25, 0.3) is 6.08 Å². The summed E-state index contributed by atoms with van der Waals surface area (Å²) in [4.78, 5) is 0. The highest BCUT2D eigenvalue weighted by Gasteiger charge is 1.97. The second kappa shape index (κ2) is 2.82. The first-order valence-electron chi connectivity index (χ1n) is 3.67. The van der Waals surface area contributed by atoms with E-state index in [0.29, 0.717) is 0 Å². The fourth-order valence-electron chi connectivity index (χ4n) is 0.994. The maximum atomic E-state index is 5.77. The summed E-state index contributed by atoms with van der Waals surface area (Å²) in [5.74, 6) is 0.825. The van der Waals surface area contributed by atoms with Gasteiger partial charge in [-0.2, -0.15) is 0 Å². The SMILES string of the molecule is CC(C)=Cc1ccn(C)c1N. The molecule has 60 valence electrons. The van der Waals surface area contributed by atoms with Crippen molar-refractivity contribution in [3.05, 3.63) is 23.4 Å². The van der Waals surface area contributed by atoms with E-state index in [-0.39, 0.29) is 0 Å². The van der Waals surface area contributed by atoms with Crippen molar-refractivity contribution in [1.29, 1.82) is 0 Å². The molecule has 0 aliphatic carbocycles. The number of nitrogens with zero attached hydrogens (tertiary/aromatic N) is 1. The molecule has 0 aliphatic heterocycles. The summed E-state index contributed by atoms with van der Waals surface area (Å²) >= 11 is 0. The van der Waals surface area contributed by atoms with Crippen molar-refractivity contribution in [3.63, 3.8) is 0 Å². The quantitative estimate of drug-likeness (QED) is 0.652. The van der Waals surface area contributed by atoms with Crippen molar-refractivity contribution < 1.29 is 0 Å². The Hall–Kier alpha value is -1.18. The molecule has 0 spiro atoms. The summed E-state index contributed by atoms with van der Waals surface area (Å²) in [7, 11) is 1.94. The Bertz CT molecular complexity index is 278. The van der Waals surface area contributed by atoms with Gasteiger partial charge in [-0.05, 0) is 19.9 Å². The Morgan fingerprint density at radius 2 is 2.18 bits per heavy atom. The van der Waals surface area contributed by atoms with Crippen molar-refractivity contribution in [2.75, 3.05) is 5.73 Å². The summed E-state index contributed by atoms with van der Waals surface area (Å²) in [6, 6.07) is 2.02. The first-order chi connectivity index (χ1) is 5.11. The third-order valence-electron chi connectivity index (χ3n) is 1.60. The molecule has 1 rings (SSSR count). The minimum Gasteiger partial charge on any atom is -0.385 e. The minimum absolute atomic E-state index is 0.825. The van der Waals surface area contributed by atoms with Gasteiger partial charge in [0.2, 0.25) is 0 Å². The smallest absolute Gasteiger partial charge is 0.110 e. The summed E-state index contributed by atoms with van der Waals surface area (Å²) in [6.07, 6.45) is 4.04. The molecule has 2 N–H and O–H groups in total. The van der Waals surface area contributed by atoms with Gasteiger partial charge in [0.1, 0.15) is 5.82 Å². The first kappa shape index (κ1) is 7.92. The topological polar surface area (TPSA) is 30.9 Å². The maximum Gasteiger partial charge on any atom is 0.110 e. The second-order valence-electron chi connectivity index (χ2n) is 2.99. The third kappa shape index (κ3) is 1.64. The molecule has 0 saturated heterocycles. The molecule has 1 heterocycles. The molecule has 0 radical (unpaired) electrons. The molecule has 0 aromatic carbocycles. The fourth-order valence-corrected chi connectivity index (χ4v) is 0.994. The second-order valence-corrected chi connectivity index (χ2v) is 2.99. The molecule has 0 bridgehead atoms. The fraction of sp³-hybridized carbons (Fsp3) is 0.333. The van der Waals surface area contributed by atoms with E-state index in [4.69, 9.17) is 5.73 Å². The molecular weight excluding hydrogens is 136 g/mol. The molecule has 0 atom stereocenters. The summed E-state index contributed by atoms with van der Waals surface area (Å²) in [5, 5.41) is 0. The predicted molar refractivity (Wildman–Crippen MR) is 49.2 cm³/mol. The van der Waals surface area contributed by atoms with Gasteiger partial charge in [0.25, 0.3) is 0 Å². The van der Waals surface area contributed by atoms with E-state index in [1.165, 1.54) is 5.57 Å². The van der Waals surface area contributed by atoms with Crippen LogP contribution in [0.1, 0.15) is 19.4 Å². The Kier molecular flexibility index (Phi) is 2.03. The van der Waals surface area contributed by atoms with Crippen LogP contribution in [0.15, 0.2) is 17.8 Å². The number of nitrogen functional groups attached to an aromatic ring is 1. The molecule has 2 nitrogen and oxygen atoms in total. The van der Waals surface area contributed by atoms with Crippen LogP contribution in [-0.4, -0.2) is 4.57 Å². The van der Waals surface area contributed by atoms with E-state index in [9.17, 15) is 0 Å². The van der Waals surface area contributed by atoms with Crippen molar-refractivity contribution in [3.8, 4) is 0 Å². The lowest BCUT2D eigenvalue weighted by Crippen LogP contribution is -1.95. The van der Waals surface area contributed by atoms with Crippen LogP contribution in [0.5, 0.6) is 0 Å². The van der Waals surface area contributed by atoms with Crippen LogP contribution in [0, 0.1) is 0 Å². The predicted octanol–water partition coefficient (Wildman–Crippen LogP) is 2.03. The Balaban J connectivity index is 3.06. The van der Waals surface area contributed by atoms with Gasteiger partial charge in [0, 0.05) is 18.8 Å². The number of aryl methyl sites for hydroxylation is 1. The number of aromatic nitrogens is 1.